The molecular formula is C19H8Cl2F13NO3. The van der Waals surface area contributed by atoms with Crippen molar-refractivity contribution in [2.75, 3.05) is 5.32 Å². The van der Waals surface area contributed by atoms with Crippen molar-refractivity contribution in [3.63, 3.8) is 0 Å². The minimum Gasteiger partial charge on any atom is -0.322 e. The zero-order valence-electron chi connectivity index (χ0n) is 17.4. The summed E-state index contributed by atoms with van der Waals surface area (Å²) in [5.41, 5.74) is -2.91. The third-order valence-electron chi connectivity index (χ3n) is 4.26. The number of hydrogen-bond donors (Lipinski definition) is 1. The molecule has 0 fully saturated rings. The van der Waals surface area contributed by atoms with Crippen LogP contribution in [0, 0.1) is 0 Å². The number of ether oxygens (including phenoxy) is 2. The van der Waals surface area contributed by atoms with E-state index in [-0.39, 0.29) is 27.7 Å². The van der Waals surface area contributed by atoms with Crippen LogP contribution in [0.4, 0.5) is 62.8 Å². The molecule has 1 N–H and O–H groups in total. The Kier molecular flexibility index (Phi) is 8.54. The number of alkyl halides is 13. The summed E-state index contributed by atoms with van der Waals surface area (Å²) in [5.74, 6) is -14.6. The Balaban J connectivity index is 2.34. The van der Waals surface area contributed by atoms with Crippen molar-refractivity contribution >= 4 is 34.8 Å². The molecule has 2 rings (SSSR count). The van der Waals surface area contributed by atoms with Crippen molar-refractivity contribution in [3.8, 4) is 0 Å². The molecule has 19 heteroatoms. The van der Waals surface area contributed by atoms with Gasteiger partial charge in [0, 0.05) is 16.8 Å². The molecule has 2 aromatic carbocycles. The van der Waals surface area contributed by atoms with Crippen molar-refractivity contribution in [2.24, 2.45) is 0 Å². The van der Waals surface area contributed by atoms with E-state index in [0.29, 0.717) is 6.07 Å². The van der Waals surface area contributed by atoms with E-state index in [4.69, 9.17) is 23.2 Å². The van der Waals surface area contributed by atoms with Crippen LogP contribution >= 0.6 is 23.2 Å². The average molecular weight is 616 g/mol. The average Bonchev–Trinajstić information content (AvgIpc) is 2.73. The molecule has 0 aliphatic heterocycles. The van der Waals surface area contributed by atoms with Crippen molar-refractivity contribution in [1.82, 2.24) is 0 Å². The fourth-order valence-electron chi connectivity index (χ4n) is 2.47. The van der Waals surface area contributed by atoms with E-state index < -0.39 is 53.7 Å². The summed E-state index contributed by atoms with van der Waals surface area (Å²) in [5, 5.41) is 1.82. The molecule has 4 nitrogen and oxygen atoms in total. The molecule has 0 aliphatic carbocycles. The lowest BCUT2D eigenvalue weighted by Crippen LogP contribution is -2.61. The molecule has 0 saturated heterocycles. The molecule has 0 radical (unpaired) electrons. The number of halogens is 15. The molecule has 0 aromatic heterocycles. The molecule has 1 amide bonds. The fraction of sp³-hybridized carbons (Fsp3) is 0.316. The lowest BCUT2D eigenvalue weighted by atomic mass is 10.1. The van der Waals surface area contributed by atoms with Crippen molar-refractivity contribution in [3.05, 3.63) is 63.6 Å². The summed E-state index contributed by atoms with van der Waals surface area (Å²) in [6.45, 7) is 0. The molecule has 0 bridgehead atoms. The van der Waals surface area contributed by atoms with Gasteiger partial charge in [0.25, 0.3) is 5.91 Å². The van der Waals surface area contributed by atoms with E-state index in [1.165, 1.54) is 4.74 Å². The normalized spacial score (nSPS) is 14.0. The maximum absolute atomic E-state index is 14.4. The monoisotopic (exact) mass is 615 g/mol. The number of benzene rings is 2. The van der Waals surface area contributed by atoms with Gasteiger partial charge in [-0.1, -0.05) is 35.3 Å². The van der Waals surface area contributed by atoms with Gasteiger partial charge in [-0.25, -0.2) is 9.47 Å². The number of carbonyl (C=O) groups is 1. The predicted molar refractivity (Wildman–Crippen MR) is 103 cm³/mol. The first-order valence-corrected chi connectivity index (χ1v) is 9.92. The minimum absolute atomic E-state index is 0.0113. The fourth-order valence-corrected chi connectivity index (χ4v) is 2.77. The van der Waals surface area contributed by atoms with Crippen molar-refractivity contribution in [1.29, 1.82) is 0 Å². The first kappa shape index (κ1) is 31.7. The molecule has 0 spiro atoms. The third kappa shape index (κ3) is 6.55. The second-order valence-electron chi connectivity index (χ2n) is 7.01. The number of amides is 1. The molecule has 38 heavy (non-hydrogen) atoms. The summed E-state index contributed by atoms with van der Waals surface area (Å²) in [6.07, 6.45) is -28.0. The molecule has 0 unspecified atom stereocenters. The Morgan fingerprint density at radius 2 is 1.24 bits per heavy atom. The van der Waals surface area contributed by atoms with Crippen LogP contribution in [0.25, 0.3) is 0 Å². The van der Waals surface area contributed by atoms with Gasteiger partial charge >= 0.3 is 36.5 Å². The summed E-state index contributed by atoms with van der Waals surface area (Å²) < 4.78 is 176. The first-order chi connectivity index (χ1) is 16.9. The van der Waals surface area contributed by atoms with Gasteiger partial charge < -0.3 is 5.32 Å². The second-order valence-corrected chi connectivity index (χ2v) is 7.83. The Bertz CT molecular complexity index is 1190. The van der Waals surface area contributed by atoms with E-state index in [9.17, 15) is 61.9 Å². The molecule has 0 atom stereocenters. The summed E-state index contributed by atoms with van der Waals surface area (Å²) >= 11 is 11.4. The van der Waals surface area contributed by atoms with Crippen LogP contribution in [-0.4, -0.2) is 36.5 Å². The third-order valence-corrected chi connectivity index (χ3v) is 5.00. The summed E-state index contributed by atoms with van der Waals surface area (Å²) in [6, 6.07) is 4.81. The van der Waals surface area contributed by atoms with Crippen molar-refractivity contribution < 1.29 is 71.3 Å². The Labute approximate surface area is 212 Å². The Morgan fingerprint density at radius 1 is 0.684 bits per heavy atom. The van der Waals surface area contributed by atoms with E-state index in [1.807, 2.05) is 10.1 Å². The van der Waals surface area contributed by atoms with Crippen LogP contribution in [0.1, 0.15) is 15.9 Å². The molecule has 0 aliphatic rings. The van der Waals surface area contributed by atoms with Gasteiger partial charge in [0.05, 0.1) is 10.0 Å². The van der Waals surface area contributed by atoms with Crippen LogP contribution in [-0.2, 0) is 15.4 Å². The highest BCUT2D eigenvalue weighted by Gasteiger charge is 2.80. The molecule has 0 saturated carbocycles. The van der Waals surface area contributed by atoms with Gasteiger partial charge in [-0.15, -0.1) is 13.2 Å². The van der Waals surface area contributed by atoms with Gasteiger partial charge in [-0.3, -0.25) is 4.79 Å². The number of anilines is 1. The van der Waals surface area contributed by atoms with Gasteiger partial charge in [-0.05, 0) is 30.3 Å². The standard InChI is InChI=1S/C19H8Cl2F13NO3/c20-11-5-4-8(6-12(11)21)13(36)35-10-3-1-2-9(7-10)14(22,23)16(26,27)37-17(28,29)15(24,25)18(30,31)38-19(32,33)34/h1-7H,(H,35,36). The SMILES string of the molecule is O=C(Nc1cccc(C(F)(F)C(F)(F)OC(F)(F)C(F)(F)C(F)(F)OC(F)(F)F)c1)c1ccc(Cl)c(Cl)c1. The smallest absolute Gasteiger partial charge is 0.322 e. The highest BCUT2D eigenvalue weighted by Crippen LogP contribution is 2.54. The van der Waals surface area contributed by atoms with Crippen LogP contribution in [0.5, 0.6) is 0 Å². The number of rotatable bonds is 9. The number of hydrogen-bond acceptors (Lipinski definition) is 3. The molecule has 0 heterocycles. The highest BCUT2D eigenvalue weighted by atomic mass is 35.5. The van der Waals surface area contributed by atoms with E-state index >= 15 is 0 Å². The molecule has 212 valence electrons. The van der Waals surface area contributed by atoms with E-state index in [1.54, 1.807) is 0 Å². The molecule has 2 aromatic rings. The Hall–Kier alpha value is -2.50. The lowest BCUT2D eigenvalue weighted by molar-refractivity contribution is -0.535. The van der Waals surface area contributed by atoms with Crippen LogP contribution in [0.3, 0.4) is 0 Å². The van der Waals surface area contributed by atoms with Gasteiger partial charge in [0.1, 0.15) is 0 Å². The zero-order chi connectivity index (χ0) is 29.5. The highest BCUT2D eigenvalue weighted by molar-refractivity contribution is 6.42. The van der Waals surface area contributed by atoms with Gasteiger partial charge in [0.15, 0.2) is 0 Å². The van der Waals surface area contributed by atoms with E-state index in [2.05, 4.69) is 0 Å². The first-order valence-electron chi connectivity index (χ1n) is 9.16. The van der Waals surface area contributed by atoms with Crippen LogP contribution in [0.15, 0.2) is 42.5 Å². The second kappa shape index (κ2) is 10.2. The summed E-state index contributed by atoms with van der Waals surface area (Å²) in [7, 11) is 0. The maximum atomic E-state index is 14.4. The predicted octanol–water partition coefficient (Wildman–Crippen LogP) is 8.30. The van der Waals surface area contributed by atoms with Crippen molar-refractivity contribution in [2.45, 2.75) is 36.5 Å². The van der Waals surface area contributed by atoms with Gasteiger partial charge in [-0.2, -0.15) is 43.9 Å². The number of carbonyl (C=O) groups excluding carboxylic acids is 1. The maximum Gasteiger partial charge on any atom is 0.527 e. The molecular weight excluding hydrogens is 608 g/mol. The summed E-state index contributed by atoms with van der Waals surface area (Å²) in [4.78, 5) is 12.2. The quantitative estimate of drug-likeness (QED) is 0.289. The van der Waals surface area contributed by atoms with Crippen LogP contribution < -0.4 is 5.32 Å². The minimum atomic E-state index is -7.54. The number of nitrogens with one attached hydrogen (secondary N) is 1. The van der Waals surface area contributed by atoms with Gasteiger partial charge in [0.2, 0.25) is 0 Å². The topological polar surface area (TPSA) is 47.6 Å². The Morgan fingerprint density at radius 3 is 1.76 bits per heavy atom. The van der Waals surface area contributed by atoms with E-state index in [0.717, 1.165) is 24.3 Å². The zero-order valence-corrected chi connectivity index (χ0v) is 18.9. The van der Waals surface area contributed by atoms with Crippen LogP contribution in [0.2, 0.25) is 10.0 Å². The largest absolute Gasteiger partial charge is 0.527 e. The lowest BCUT2D eigenvalue weighted by Gasteiger charge is -2.35.